The molecule has 36 heavy (non-hydrogen) atoms. The first-order valence-electron chi connectivity index (χ1n) is 12.7. The van der Waals surface area contributed by atoms with Gasteiger partial charge in [0.2, 0.25) is 0 Å². The van der Waals surface area contributed by atoms with Crippen LogP contribution in [0, 0.1) is 35.3 Å². The van der Waals surface area contributed by atoms with Crippen molar-refractivity contribution in [3.63, 3.8) is 0 Å². The van der Waals surface area contributed by atoms with Crippen LogP contribution < -0.4 is 0 Å². The SMILES string of the molecule is O=C1C2C(C(=O)N1OCCN1CCN(C(c3ccc(F)cc3)c3ccc(F)cc3)CC1)[C@H]1C=C[C@@H]2C1. The predicted molar refractivity (Wildman–Crippen MR) is 128 cm³/mol. The maximum atomic E-state index is 13.6. The zero-order chi connectivity index (χ0) is 24.8. The molecule has 4 aliphatic rings. The minimum Gasteiger partial charge on any atom is -0.298 e. The summed E-state index contributed by atoms with van der Waals surface area (Å²) in [4.78, 5) is 35.8. The lowest BCUT2D eigenvalue weighted by atomic mass is 9.85. The maximum absolute atomic E-state index is 13.6. The smallest absolute Gasteiger partial charge is 0.258 e. The number of fused-ring (bicyclic) bond motifs is 5. The van der Waals surface area contributed by atoms with E-state index in [1.165, 1.54) is 24.3 Å². The summed E-state index contributed by atoms with van der Waals surface area (Å²) in [6.07, 6.45) is 5.05. The van der Waals surface area contributed by atoms with Crippen LogP contribution in [0.25, 0.3) is 0 Å². The van der Waals surface area contributed by atoms with Crippen LogP contribution in [0.4, 0.5) is 8.78 Å². The molecule has 6 nitrogen and oxygen atoms in total. The molecule has 188 valence electrons. The Labute approximate surface area is 209 Å². The Hall–Kier alpha value is -2.94. The number of amides is 2. The number of nitrogens with zero attached hydrogens (tertiary/aromatic N) is 3. The molecule has 0 radical (unpaired) electrons. The number of hydrogen-bond donors (Lipinski definition) is 0. The number of halogens is 2. The van der Waals surface area contributed by atoms with Gasteiger partial charge in [0.1, 0.15) is 11.6 Å². The van der Waals surface area contributed by atoms with Crippen molar-refractivity contribution < 1.29 is 23.2 Å². The maximum Gasteiger partial charge on any atom is 0.258 e. The lowest BCUT2D eigenvalue weighted by molar-refractivity contribution is -0.191. The largest absolute Gasteiger partial charge is 0.298 e. The molecule has 2 aliphatic carbocycles. The van der Waals surface area contributed by atoms with Crippen molar-refractivity contribution in [2.75, 3.05) is 39.3 Å². The van der Waals surface area contributed by atoms with Crippen LogP contribution in [0.15, 0.2) is 60.7 Å². The van der Waals surface area contributed by atoms with Gasteiger partial charge in [-0.15, -0.1) is 0 Å². The van der Waals surface area contributed by atoms with Gasteiger partial charge in [0.05, 0.1) is 24.5 Å². The van der Waals surface area contributed by atoms with Crippen molar-refractivity contribution in [1.82, 2.24) is 14.9 Å². The van der Waals surface area contributed by atoms with E-state index in [2.05, 4.69) is 22.0 Å². The van der Waals surface area contributed by atoms with E-state index in [1.54, 1.807) is 24.3 Å². The highest BCUT2D eigenvalue weighted by Gasteiger charge is 2.60. The van der Waals surface area contributed by atoms with Gasteiger partial charge in [0.25, 0.3) is 11.8 Å². The topological polar surface area (TPSA) is 53.1 Å². The molecule has 3 fully saturated rings. The molecular weight excluding hydrogens is 464 g/mol. The molecule has 2 saturated heterocycles. The lowest BCUT2D eigenvalue weighted by Gasteiger charge is -2.39. The summed E-state index contributed by atoms with van der Waals surface area (Å²) in [7, 11) is 0. The second kappa shape index (κ2) is 9.50. The standard InChI is InChI=1S/C28H29F2N3O3/c29-22-7-3-18(4-8-22)26(19-5-9-23(30)10-6-19)32-13-11-31(12-14-32)15-16-36-33-27(34)24-20-1-2-21(17-20)25(24)28(33)35/h1-10,20-21,24-26H,11-17H2/t20-,21+,24?,25?. The van der Waals surface area contributed by atoms with Gasteiger partial charge >= 0.3 is 0 Å². The van der Waals surface area contributed by atoms with E-state index >= 15 is 0 Å². The van der Waals surface area contributed by atoms with Gasteiger partial charge in [0, 0.05) is 32.7 Å². The number of rotatable bonds is 7. The van der Waals surface area contributed by atoms with Gasteiger partial charge in [-0.3, -0.25) is 24.2 Å². The van der Waals surface area contributed by atoms with E-state index < -0.39 is 0 Å². The first kappa shape index (κ1) is 23.5. The van der Waals surface area contributed by atoms with Crippen molar-refractivity contribution >= 4 is 11.8 Å². The zero-order valence-electron chi connectivity index (χ0n) is 19.9. The van der Waals surface area contributed by atoms with E-state index in [0.717, 1.165) is 48.8 Å². The minimum absolute atomic E-state index is 0.104. The molecular formula is C28H29F2N3O3. The number of hydrogen-bond acceptors (Lipinski definition) is 5. The highest BCUT2D eigenvalue weighted by atomic mass is 19.1. The summed E-state index contributed by atoms with van der Waals surface area (Å²) >= 11 is 0. The molecule has 2 aliphatic heterocycles. The molecule has 4 atom stereocenters. The molecule has 0 N–H and O–H groups in total. The van der Waals surface area contributed by atoms with Crippen LogP contribution in [0.1, 0.15) is 23.6 Å². The Bertz CT molecular complexity index is 1090. The number of imide groups is 1. The highest BCUT2D eigenvalue weighted by molar-refractivity contribution is 6.05. The van der Waals surface area contributed by atoms with Crippen LogP contribution >= 0.6 is 0 Å². The van der Waals surface area contributed by atoms with Crippen molar-refractivity contribution in [3.8, 4) is 0 Å². The molecule has 2 amide bonds. The number of carbonyl (C=O) groups excluding carboxylic acids is 2. The van der Waals surface area contributed by atoms with Crippen LogP contribution in [-0.2, 0) is 14.4 Å². The second-order valence-electron chi connectivity index (χ2n) is 10.2. The normalized spacial score (nSPS) is 28.0. The van der Waals surface area contributed by atoms with Gasteiger partial charge in [-0.1, -0.05) is 36.4 Å². The molecule has 0 spiro atoms. The molecule has 2 heterocycles. The van der Waals surface area contributed by atoms with Gasteiger partial charge < -0.3 is 0 Å². The fraction of sp³-hybridized carbons (Fsp3) is 0.429. The van der Waals surface area contributed by atoms with Crippen molar-refractivity contribution in [3.05, 3.63) is 83.4 Å². The highest BCUT2D eigenvalue weighted by Crippen LogP contribution is 2.52. The number of benzene rings is 2. The molecule has 1 saturated carbocycles. The van der Waals surface area contributed by atoms with Gasteiger partial charge in [-0.2, -0.15) is 5.06 Å². The average Bonchev–Trinajstić information content (AvgIpc) is 3.57. The number of carbonyl (C=O) groups is 2. The molecule has 8 heteroatoms. The second-order valence-corrected chi connectivity index (χ2v) is 10.2. The van der Waals surface area contributed by atoms with E-state index in [0.29, 0.717) is 6.54 Å². The predicted octanol–water partition coefficient (Wildman–Crippen LogP) is 3.41. The summed E-state index contributed by atoms with van der Waals surface area (Å²) in [5, 5.41) is 1.02. The third-order valence-electron chi connectivity index (χ3n) is 8.20. The monoisotopic (exact) mass is 493 g/mol. The van der Waals surface area contributed by atoms with E-state index in [1.807, 2.05) is 0 Å². The Morgan fingerprint density at radius 1 is 0.778 bits per heavy atom. The Morgan fingerprint density at radius 3 is 1.78 bits per heavy atom. The van der Waals surface area contributed by atoms with Crippen molar-refractivity contribution in [2.45, 2.75) is 12.5 Å². The number of piperazine rings is 1. The fourth-order valence-corrected chi connectivity index (χ4v) is 6.41. The molecule has 2 aromatic rings. The van der Waals surface area contributed by atoms with E-state index in [4.69, 9.17) is 4.84 Å². The van der Waals surface area contributed by atoms with Crippen LogP contribution in [0.2, 0.25) is 0 Å². The number of allylic oxidation sites excluding steroid dienone is 2. The van der Waals surface area contributed by atoms with Crippen molar-refractivity contribution in [2.24, 2.45) is 23.7 Å². The lowest BCUT2D eigenvalue weighted by Crippen LogP contribution is -2.49. The minimum atomic E-state index is -0.288. The zero-order valence-corrected chi connectivity index (χ0v) is 19.9. The summed E-state index contributed by atoms with van der Waals surface area (Å²) in [5.74, 6) is -1.09. The summed E-state index contributed by atoms with van der Waals surface area (Å²) in [5.41, 5.74) is 1.92. The van der Waals surface area contributed by atoms with Crippen LogP contribution in [0.3, 0.4) is 0 Å². The number of hydroxylamine groups is 2. The Kier molecular flexibility index (Phi) is 6.19. The Morgan fingerprint density at radius 2 is 1.28 bits per heavy atom. The first-order valence-corrected chi connectivity index (χ1v) is 12.7. The Balaban J connectivity index is 1.05. The van der Waals surface area contributed by atoms with Crippen LogP contribution in [0.5, 0.6) is 0 Å². The quantitative estimate of drug-likeness (QED) is 0.437. The summed E-state index contributed by atoms with van der Waals surface area (Å²) in [6, 6.07) is 12.8. The van der Waals surface area contributed by atoms with E-state index in [-0.39, 0.29) is 59.8 Å². The van der Waals surface area contributed by atoms with Gasteiger partial charge in [-0.25, -0.2) is 8.78 Å². The van der Waals surface area contributed by atoms with Gasteiger partial charge in [-0.05, 0) is 53.6 Å². The third-order valence-corrected chi connectivity index (χ3v) is 8.20. The first-order chi connectivity index (χ1) is 17.5. The third kappa shape index (κ3) is 4.17. The molecule has 2 unspecified atom stereocenters. The molecule has 2 aromatic carbocycles. The molecule has 0 aromatic heterocycles. The average molecular weight is 494 g/mol. The van der Waals surface area contributed by atoms with E-state index in [9.17, 15) is 18.4 Å². The fourth-order valence-electron chi connectivity index (χ4n) is 6.41. The van der Waals surface area contributed by atoms with Crippen LogP contribution in [-0.4, -0.2) is 66.0 Å². The summed E-state index contributed by atoms with van der Waals surface area (Å²) in [6.45, 7) is 3.98. The molecule has 2 bridgehead atoms. The molecule has 6 rings (SSSR count). The van der Waals surface area contributed by atoms with Crippen molar-refractivity contribution in [1.29, 1.82) is 0 Å². The van der Waals surface area contributed by atoms with Gasteiger partial charge in [0.15, 0.2) is 0 Å². The summed E-state index contributed by atoms with van der Waals surface area (Å²) < 4.78 is 27.1.